The second kappa shape index (κ2) is 4.48. The second-order valence-corrected chi connectivity index (χ2v) is 3.58. The van der Waals surface area contributed by atoms with Gasteiger partial charge in [0.2, 0.25) is 0 Å². The van der Waals surface area contributed by atoms with Gasteiger partial charge < -0.3 is 0 Å². The van der Waals surface area contributed by atoms with Gasteiger partial charge in [-0.2, -0.15) is 0 Å². The van der Waals surface area contributed by atoms with Crippen LogP contribution in [0, 0.1) is 13.8 Å². The molecule has 0 aliphatic heterocycles. The van der Waals surface area contributed by atoms with Gasteiger partial charge in [-0.1, -0.05) is 35.9 Å². The SMILES string of the molecule is [CH2]C(CC=C)c1cccc(C)c1Cl. The minimum atomic E-state index is 0.213. The molecule has 0 aliphatic rings. The van der Waals surface area contributed by atoms with E-state index in [2.05, 4.69) is 13.5 Å². The van der Waals surface area contributed by atoms with Gasteiger partial charge in [0.15, 0.2) is 0 Å². The molecule has 1 aromatic rings. The third-order valence-corrected chi connectivity index (χ3v) is 2.63. The number of benzene rings is 1. The van der Waals surface area contributed by atoms with Crippen LogP contribution in [0.5, 0.6) is 0 Å². The van der Waals surface area contributed by atoms with Gasteiger partial charge in [0.1, 0.15) is 0 Å². The lowest BCUT2D eigenvalue weighted by atomic mass is 9.96. The van der Waals surface area contributed by atoms with Crippen LogP contribution >= 0.6 is 11.6 Å². The zero-order valence-electron chi connectivity index (χ0n) is 7.89. The van der Waals surface area contributed by atoms with E-state index < -0.39 is 0 Å². The van der Waals surface area contributed by atoms with Crippen LogP contribution in [-0.2, 0) is 0 Å². The van der Waals surface area contributed by atoms with E-state index in [1.807, 2.05) is 31.2 Å². The van der Waals surface area contributed by atoms with Gasteiger partial charge in [0.25, 0.3) is 0 Å². The van der Waals surface area contributed by atoms with Gasteiger partial charge in [-0.15, -0.1) is 6.58 Å². The number of aryl methyl sites for hydroxylation is 1. The van der Waals surface area contributed by atoms with Gasteiger partial charge in [-0.3, -0.25) is 0 Å². The van der Waals surface area contributed by atoms with E-state index in [1.165, 1.54) is 0 Å². The molecule has 1 heteroatoms. The van der Waals surface area contributed by atoms with Crippen molar-refractivity contribution in [3.63, 3.8) is 0 Å². The average molecular weight is 194 g/mol. The molecule has 0 fully saturated rings. The predicted molar refractivity (Wildman–Crippen MR) is 59.1 cm³/mol. The van der Waals surface area contributed by atoms with Crippen molar-refractivity contribution in [3.8, 4) is 0 Å². The summed E-state index contributed by atoms with van der Waals surface area (Å²) in [6, 6.07) is 6.04. The highest BCUT2D eigenvalue weighted by atomic mass is 35.5. The topological polar surface area (TPSA) is 0 Å². The largest absolute Gasteiger partial charge is 0.103 e. The monoisotopic (exact) mass is 193 g/mol. The Morgan fingerprint density at radius 3 is 2.85 bits per heavy atom. The minimum Gasteiger partial charge on any atom is -0.103 e. The number of halogens is 1. The summed E-state index contributed by atoms with van der Waals surface area (Å²) in [5.74, 6) is 0.213. The summed E-state index contributed by atoms with van der Waals surface area (Å²) in [5, 5.41) is 0.837. The van der Waals surface area contributed by atoms with Crippen LogP contribution in [-0.4, -0.2) is 0 Å². The van der Waals surface area contributed by atoms with Gasteiger partial charge in [-0.05, 0) is 37.3 Å². The third kappa shape index (κ3) is 2.35. The second-order valence-electron chi connectivity index (χ2n) is 3.20. The molecule has 1 aromatic carbocycles. The van der Waals surface area contributed by atoms with Crippen LogP contribution in [0.25, 0.3) is 0 Å². The smallest absolute Gasteiger partial charge is 0.0470 e. The molecule has 0 amide bonds. The standard InChI is InChI=1S/C12H14Cl/c1-4-6-9(2)11-8-5-7-10(3)12(11)13/h4-5,7-9H,1-2,6H2,3H3. The van der Waals surface area contributed by atoms with Crippen LogP contribution in [0.4, 0.5) is 0 Å². The van der Waals surface area contributed by atoms with Crippen LogP contribution in [0.2, 0.25) is 5.02 Å². The lowest BCUT2D eigenvalue weighted by Crippen LogP contribution is -1.94. The maximum atomic E-state index is 6.15. The number of allylic oxidation sites excluding steroid dienone is 1. The molecule has 0 nitrogen and oxygen atoms in total. The highest BCUT2D eigenvalue weighted by Crippen LogP contribution is 2.28. The molecule has 0 aromatic heterocycles. The van der Waals surface area contributed by atoms with E-state index >= 15 is 0 Å². The molecular formula is C12H14Cl. The molecule has 13 heavy (non-hydrogen) atoms. The maximum Gasteiger partial charge on any atom is 0.0470 e. The van der Waals surface area contributed by atoms with Crippen LogP contribution < -0.4 is 0 Å². The molecule has 1 unspecified atom stereocenters. The van der Waals surface area contributed by atoms with Crippen molar-refractivity contribution in [1.82, 2.24) is 0 Å². The fourth-order valence-electron chi connectivity index (χ4n) is 1.31. The number of hydrogen-bond acceptors (Lipinski definition) is 0. The molecule has 69 valence electrons. The first-order valence-electron chi connectivity index (χ1n) is 4.35. The first-order chi connectivity index (χ1) is 6.16. The highest BCUT2D eigenvalue weighted by Gasteiger charge is 2.08. The molecule has 0 heterocycles. The molecule has 1 atom stereocenters. The predicted octanol–water partition coefficient (Wildman–Crippen LogP) is 4.14. The Morgan fingerprint density at radius 2 is 2.23 bits per heavy atom. The molecular weight excluding hydrogens is 180 g/mol. The van der Waals surface area contributed by atoms with E-state index in [4.69, 9.17) is 11.6 Å². The Hall–Kier alpha value is -0.750. The van der Waals surface area contributed by atoms with Crippen LogP contribution in [0.3, 0.4) is 0 Å². The molecule has 0 aliphatic carbocycles. The molecule has 1 rings (SSSR count). The summed E-state index contributed by atoms with van der Waals surface area (Å²) in [5.41, 5.74) is 2.22. The van der Waals surface area contributed by atoms with Crippen LogP contribution in [0.15, 0.2) is 30.9 Å². The summed E-state index contributed by atoms with van der Waals surface area (Å²) in [4.78, 5) is 0. The Bertz CT molecular complexity index is 302. The summed E-state index contributed by atoms with van der Waals surface area (Å²) in [6.07, 6.45) is 2.74. The Kier molecular flexibility index (Phi) is 3.56. The van der Waals surface area contributed by atoms with E-state index in [0.717, 1.165) is 22.6 Å². The third-order valence-electron chi connectivity index (χ3n) is 2.11. The van der Waals surface area contributed by atoms with E-state index in [0.29, 0.717) is 0 Å². The van der Waals surface area contributed by atoms with E-state index in [9.17, 15) is 0 Å². The van der Waals surface area contributed by atoms with Crippen molar-refractivity contribution in [1.29, 1.82) is 0 Å². The molecule has 0 saturated heterocycles. The van der Waals surface area contributed by atoms with Gasteiger partial charge in [0, 0.05) is 5.02 Å². The summed E-state index contributed by atoms with van der Waals surface area (Å²) in [6.45, 7) is 9.75. The van der Waals surface area contributed by atoms with Gasteiger partial charge in [0.05, 0.1) is 0 Å². The van der Waals surface area contributed by atoms with Crippen molar-refractivity contribution >= 4 is 11.6 Å². The molecule has 0 bridgehead atoms. The first-order valence-corrected chi connectivity index (χ1v) is 4.73. The van der Waals surface area contributed by atoms with Crippen molar-refractivity contribution in [2.45, 2.75) is 19.3 Å². The molecule has 1 radical (unpaired) electrons. The minimum absolute atomic E-state index is 0.213. The lowest BCUT2D eigenvalue weighted by Gasteiger charge is -2.12. The average Bonchev–Trinajstić information content (AvgIpc) is 2.10. The number of rotatable bonds is 3. The van der Waals surface area contributed by atoms with Gasteiger partial charge >= 0.3 is 0 Å². The van der Waals surface area contributed by atoms with Crippen molar-refractivity contribution < 1.29 is 0 Å². The summed E-state index contributed by atoms with van der Waals surface area (Å²) >= 11 is 6.15. The fraction of sp³-hybridized carbons (Fsp3) is 0.250. The Morgan fingerprint density at radius 1 is 1.54 bits per heavy atom. The zero-order valence-corrected chi connectivity index (χ0v) is 8.64. The zero-order chi connectivity index (χ0) is 9.84. The Balaban J connectivity index is 3.00. The molecule has 0 spiro atoms. The summed E-state index contributed by atoms with van der Waals surface area (Å²) in [7, 11) is 0. The summed E-state index contributed by atoms with van der Waals surface area (Å²) < 4.78 is 0. The van der Waals surface area contributed by atoms with Crippen LogP contribution in [0.1, 0.15) is 23.5 Å². The fourth-order valence-corrected chi connectivity index (χ4v) is 1.59. The van der Waals surface area contributed by atoms with Gasteiger partial charge in [-0.25, -0.2) is 0 Å². The first kappa shape index (κ1) is 10.3. The quantitative estimate of drug-likeness (QED) is 0.633. The van der Waals surface area contributed by atoms with Crippen molar-refractivity contribution in [2.75, 3.05) is 0 Å². The lowest BCUT2D eigenvalue weighted by molar-refractivity contribution is 0.860. The van der Waals surface area contributed by atoms with E-state index in [1.54, 1.807) is 0 Å². The normalized spacial score (nSPS) is 12.5. The van der Waals surface area contributed by atoms with Crippen molar-refractivity contribution in [2.24, 2.45) is 0 Å². The van der Waals surface area contributed by atoms with E-state index in [-0.39, 0.29) is 5.92 Å². The maximum absolute atomic E-state index is 6.15. The van der Waals surface area contributed by atoms with Crippen molar-refractivity contribution in [3.05, 3.63) is 53.9 Å². The highest BCUT2D eigenvalue weighted by molar-refractivity contribution is 6.32. The number of hydrogen-bond donors (Lipinski definition) is 0. The Labute approximate surface area is 85.2 Å². The molecule has 0 N–H and O–H groups in total. The molecule has 0 saturated carbocycles.